The van der Waals surface area contributed by atoms with Gasteiger partial charge in [-0.1, -0.05) is 12.1 Å². The number of alkyl halides is 3. The summed E-state index contributed by atoms with van der Waals surface area (Å²) < 4.78 is 48.4. The molecule has 0 aliphatic carbocycles. The molecule has 0 aromatic heterocycles. The van der Waals surface area contributed by atoms with Gasteiger partial charge in [0.1, 0.15) is 17.8 Å². The van der Waals surface area contributed by atoms with Crippen LogP contribution in [0.15, 0.2) is 24.3 Å². The summed E-state index contributed by atoms with van der Waals surface area (Å²) >= 11 is 0. The van der Waals surface area contributed by atoms with E-state index in [1.54, 1.807) is 31.2 Å². The Morgan fingerprint density at radius 1 is 1.29 bits per heavy atom. The predicted molar refractivity (Wildman–Crippen MR) is 68.8 cm³/mol. The highest BCUT2D eigenvalue weighted by Gasteiger charge is 2.66. The maximum atomic E-state index is 12.9. The van der Waals surface area contributed by atoms with Crippen molar-refractivity contribution in [2.75, 3.05) is 13.7 Å². The number of methoxy groups -OCH3 is 1. The summed E-state index contributed by atoms with van der Waals surface area (Å²) in [6.45, 7) is 1.67. The molecule has 0 N–H and O–H groups in total. The van der Waals surface area contributed by atoms with Crippen molar-refractivity contribution in [3.8, 4) is 5.75 Å². The molecule has 1 aliphatic heterocycles. The highest BCUT2D eigenvalue weighted by molar-refractivity contribution is 5.80. The van der Waals surface area contributed by atoms with Crippen molar-refractivity contribution in [2.24, 2.45) is 0 Å². The highest BCUT2D eigenvalue weighted by atomic mass is 19.4. The first kappa shape index (κ1) is 15.6. The van der Waals surface area contributed by atoms with Crippen molar-refractivity contribution < 1.29 is 27.4 Å². The lowest BCUT2D eigenvalue weighted by Gasteiger charge is -2.07. The van der Waals surface area contributed by atoms with Crippen molar-refractivity contribution in [3.63, 3.8) is 0 Å². The Morgan fingerprint density at radius 3 is 2.38 bits per heavy atom. The minimum atomic E-state index is -4.44. The van der Waals surface area contributed by atoms with Gasteiger partial charge in [-0.3, -0.25) is 9.69 Å². The van der Waals surface area contributed by atoms with E-state index < -0.39 is 24.2 Å². The third-order valence-electron chi connectivity index (χ3n) is 3.31. The Balaban J connectivity index is 2.07. The molecule has 1 saturated heterocycles. The van der Waals surface area contributed by atoms with Crippen LogP contribution in [0.25, 0.3) is 0 Å². The zero-order valence-electron chi connectivity index (χ0n) is 11.7. The number of hydrogen-bond acceptors (Lipinski definition) is 4. The van der Waals surface area contributed by atoms with Gasteiger partial charge in [0.25, 0.3) is 0 Å². The molecule has 0 saturated carbocycles. The fraction of sp³-hybridized carbons (Fsp3) is 0.500. The largest absolute Gasteiger partial charge is 0.497 e. The van der Waals surface area contributed by atoms with Crippen molar-refractivity contribution >= 4 is 5.97 Å². The Kier molecular flexibility index (Phi) is 4.41. The van der Waals surface area contributed by atoms with Gasteiger partial charge in [0.05, 0.1) is 13.7 Å². The first-order valence-electron chi connectivity index (χ1n) is 6.50. The molecule has 4 nitrogen and oxygen atoms in total. The molecular formula is C14H16F3NO3. The van der Waals surface area contributed by atoms with Gasteiger partial charge in [-0.25, -0.2) is 0 Å². The minimum absolute atomic E-state index is 0.0393. The standard InChI is InChI=1S/C14H16F3NO3/c1-3-21-13(19)11-12(14(15,16)17)18(11)8-9-4-6-10(20-2)7-5-9/h4-7,11-12H,3,8H2,1-2H3/t11-,12+,18?/m0/s1. The predicted octanol–water partition coefficient (Wildman–Crippen LogP) is 2.37. The number of ether oxygens (including phenoxy) is 2. The second kappa shape index (κ2) is 5.93. The van der Waals surface area contributed by atoms with Crippen LogP contribution >= 0.6 is 0 Å². The van der Waals surface area contributed by atoms with Gasteiger partial charge >= 0.3 is 12.1 Å². The molecular weight excluding hydrogens is 287 g/mol. The summed E-state index contributed by atoms with van der Waals surface area (Å²) in [5.41, 5.74) is 0.678. The number of hydrogen-bond donors (Lipinski definition) is 0. The van der Waals surface area contributed by atoms with Crippen molar-refractivity contribution in [2.45, 2.75) is 31.7 Å². The molecule has 1 aliphatic rings. The average molecular weight is 303 g/mol. The zero-order valence-corrected chi connectivity index (χ0v) is 11.7. The zero-order chi connectivity index (χ0) is 15.6. The Labute approximate surface area is 120 Å². The second-order valence-electron chi connectivity index (χ2n) is 4.70. The number of halogens is 3. The first-order valence-corrected chi connectivity index (χ1v) is 6.50. The van der Waals surface area contributed by atoms with Gasteiger partial charge < -0.3 is 9.47 Å². The topological polar surface area (TPSA) is 38.5 Å². The van der Waals surface area contributed by atoms with Crippen LogP contribution in [-0.2, 0) is 16.1 Å². The third kappa shape index (κ3) is 3.47. The fourth-order valence-electron chi connectivity index (χ4n) is 2.27. The molecule has 1 heterocycles. The molecule has 0 radical (unpaired) electrons. The van der Waals surface area contributed by atoms with Crippen molar-refractivity contribution in [3.05, 3.63) is 29.8 Å². The molecule has 0 bridgehead atoms. The SMILES string of the molecule is CCOC(=O)[C@@H]1[C@H](C(F)(F)F)N1Cc1ccc(OC)cc1. The summed E-state index contributed by atoms with van der Waals surface area (Å²) in [5.74, 6) is -0.202. The molecule has 0 spiro atoms. The third-order valence-corrected chi connectivity index (χ3v) is 3.31. The van der Waals surface area contributed by atoms with Gasteiger partial charge in [-0.15, -0.1) is 0 Å². The fourth-order valence-corrected chi connectivity index (χ4v) is 2.27. The molecule has 1 aromatic rings. The van der Waals surface area contributed by atoms with Crippen LogP contribution in [0.1, 0.15) is 12.5 Å². The Hall–Kier alpha value is -1.76. The van der Waals surface area contributed by atoms with E-state index in [0.717, 1.165) is 4.90 Å². The van der Waals surface area contributed by atoms with E-state index >= 15 is 0 Å². The molecule has 7 heteroatoms. The smallest absolute Gasteiger partial charge is 0.406 e. The molecule has 21 heavy (non-hydrogen) atoms. The van der Waals surface area contributed by atoms with Gasteiger partial charge in [-0.05, 0) is 24.6 Å². The molecule has 2 rings (SSSR count). The summed E-state index contributed by atoms with van der Waals surface area (Å²) in [6.07, 6.45) is -4.44. The maximum absolute atomic E-state index is 12.9. The van der Waals surface area contributed by atoms with E-state index in [1.165, 1.54) is 7.11 Å². The van der Waals surface area contributed by atoms with E-state index in [9.17, 15) is 18.0 Å². The molecule has 0 amide bonds. The quantitative estimate of drug-likeness (QED) is 0.618. The molecule has 1 fully saturated rings. The lowest BCUT2D eigenvalue weighted by molar-refractivity contribution is -0.149. The lowest BCUT2D eigenvalue weighted by atomic mass is 10.2. The Bertz CT molecular complexity index is 501. The van der Waals surface area contributed by atoms with Crippen LogP contribution in [0.2, 0.25) is 0 Å². The monoisotopic (exact) mass is 303 g/mol. The highest BCUT2D eigenvalue weighted by Crippen LogP contribution is 2.43. The molecule has 1 unspecified atom stereocenters. The van der Waals surface area contributed by atoms with Crippen LogP contribution in [-0.4, -0.2) is 42.8 Å². The number of carbonyl (C=O) groups is 1. The van der Waals surface area contributed by atoms with Crippen LogP contribution < -0.4 is 4.74 Å². The summed E-state index contributed by atoms with van der Waals surface area (Å²) in [6, 6.07) is 3.67. The number of nitrogens with zero attached hydrogens (tertiary/aromatic N) is 1. The first-order chi connectivity index (χ1) is 9.88. The van der Waals surface area contributed by atoms with E-state index in [1.807, 2.05) is 0 Å². The van der Waals surface area contributed by atoms with Crippen LogP contribution in [0.5, 0.6) is 5.75 Å². The van der Waals surface area contributed by atoms with Gasteiger partial charge in [0.2, 0.25) is 0 Å². The van der Waals surface area contributed by atoms with Crippen molar-refractivity contribution in [1.29, 1.82) is 0 Å². The van der Waals surface area contributed by atoms with E-state index in [-0.39, 0.29) is 13.2 Å². The Morgan fingerprint density at radius 2 is 1.90 bits per heavy atom. The summed E-state index contributed by atoms with van der Waals surface area (Å²) in [5, 5.41) is 0. The van der Waals surface area contributed by atoms with Crippen molar-refractivity contribution in [1.82, 2.24) is 4.90 Å². The second-order valence-corrected chi connectivity index (χ2v) is 4.70. The minimum Gasteiger partial charge on any atom is -0.497 e. The average Bonchev–Trinajstić information content (AvgIpc) is 3.14. The number of rotatable bonds is 5. The molecule has 116 valence electrons. The maximum Gasteiger partial charge on any atom is 0.406 e. The number of carbonyl (C=O) groups excluding carboxylic acids is 1. The van der Waals surface area contributed by atoms with E-state index in [2.05, 4.69) is 0 Å². The van der Waals surface area contributed by atoms with Gasteiger partial charge in [-0.2, -0.15) is 13.2 Å². The van der Waals surface area contributed by atoms with E-state index in [0.29, 0.717) is 11.3 Å². The van der Waals surface area contributed by atoms with Crippen LogP contribution in [0, 0.1) is 0 Å². The lowest BCUT2D eigenvalue weighted by Crippen LogP contribution is -2.24. The number of benzene rings is 1. The van der Waals surface area contributed by atoms with Gasteiger partial charge in [0, 0.05) is 6.54 Å². The van der Waals surface area contributed by atoms with Crippen LogP contribution in [0.4, 0.5) is 13.2 Å². The molecule has 1 aromatic carbocycles. The summed E-state index contributed by atoms with van der Waals surface area (Å²) in [7, 11) is 1.51. The van der Waals surface area contributed by atoms with Crippen LogP contribution in [0.3, 0.4) is 0 Å². The normalized spacial score (nSPS) is 24.5. The summed E-state index contributed by atoms with van der Waals surface area (Å²) in [4.78, 5) is 12.7. The van der Waals surface area contributed by atoms with Gasteiger partial charge in [0.15, 0.2) is 0 Å². The number of esters is 1. The molecule has 3 atom stereocenters. The van der Waals surface area contributed by atoms with E-state index in [4.69, 9.17) is 9.47 Å².